The number of amides is 1. The number of aliphatic hydroxyl groups excluding tert-OH is 2. The second-order valence-corrected chi connectivity index (χ2v) is 19.0. The van der Waals surface area contributed by atoms with Gasteiger partial charge < -0.3 is 20.3 Å². The number of carbonyl (C=O) groups excluding carboxylic acids is 2. The van der Waals surface area contributed by atoms with E-state index in [4.69, 9.17) is 4.74 Å². The first-order valence-electron chi connectivity index (χ1n) is 28.3. The van der Waals surface area contributed by atoms with E-state index in [0.717, 1.165) is 96.3 Å². The van der Waals surface area contributed by atoms with Gasteiger partial charge in [-0.2, -0.15) is 0 Å². The van der Waals surface area contributed by atoms with Gasteiger partial charge in [-0.1, -0.05) is 247 Å². The van der Waals surface area contributed by atoms with Crippen LogP contribution in [0, 0.1) is 0 Å². The minimum atomic E-state index is -0.810. The Morgan fingerprint density at radius 1 is 0.463 bits per heavy atom. The lowest BCUT2D eigenvalue weighted by Gasteiger charge is -2.24. The molecule has 0 radical (unpaired) electrons. The molecule has 0 aromatic rings. The van der Waals surface area contributed by atoms with Crippen LogP contribution in [0.1, 0.15) is 265 Å². The van der Waals surface area contributed by atoms with Crippen LogP contribution in [0.2, 0.25) is 0 Å². The molecule has 386 valence electrons. The molecule has 67 heavy (non-hydrogen) atoms. The minimum absolute atomic E-state index is 0.0278. The number of nitrogens with one attached hydrogen (secondary N) is 1. The molecule has 0 saturated carbocycles. The molecule has 1 amide bonds. The van der Waals surface area contributed by atoms with Gasteiger partial charge in [0.25, 0.3) is 0 Å². The molecular formula is C61H107NO5. The highest BCUT2D eigenvalue weighted by atomic mass is 16.5. The van der Waals surface area contributed by atoms with E-state index in [1.807, 2.05) is 0 Å². The van der Waals surface area contributed by atoms with Gasteiger partial charge in [0.15, 0.2) is 0 Å². The van der Waals surface area contributed by atoms with Crippen LogP contribution in [0.25, 0.3) is 0 Å². The molecule has 0 bridgehead atoms. The summed E-state index contributed by atoms with van der Waals surface area (Å²) in [4.78, 5) is 26.2. The first kappa shape index (κ1) is 64.0. The van der Waals surface area contributed by atoms with E-state index in [1.54, 1.807) is 0 Å². The molecule has 3 N–H and O–H groups in total. The number of aliphatic hydroxyl groups is 2. The van der Waals surface area contributed by atoms with Crippen molar-refractivity contribution in [2.24, 2.45) is 0 Å². The molecule has 0 spiro atoms. The number of ether oxygens (including phenoxy) is 1. The molecule has 3 unspecified atom stereocenters. The van der Waals surface area contributed by atoms with Crippen LogP contribution >= 0.6 is 0 Å². The summed E-state index contributed by atoms with van der Waals surface area (Å²) in [6.45, 7) is 6.36. The van der Waals surface area contributed by atoms with E-state index in [1.165, 1.54) is 122 Å². The molecule has 0 rings (SSSR count). The monoisotopic (exact) mass is 934 g/mol. The number of hydrogen-bond acceptors (Lipinski definition) is 5. The zero-order valence-corrected chi connectivity index (χ0v) is 44.0. The maximum absolute atomic E-state index is 13.2. The van der Waals surface area contributed by atoms with Crippen LogP contribution in [0.4, 0.5) is 0 Å². The van der Waals surface area contributed by atoms with Gasteiger partial charge in [-0.3, -0.25) is 9.59 Å². The summed E-state index contributed by atoms with van der Waals surface area (Å²) in [6, 6.07) is -0.728. The zero-order valence-electron chi connectivity index (χ0n) is 44.0. The Hall–Kier alpha value is -2.96. The molecule has 0 aromatic carbocycles. The number of rotatable bonds is 50. The quantitative estimate of drug-likeness (QED) is 0.0244. The van der Waals surface area contributed by atoms with E-state index in [0.29, 0.717) is 19.3 Å². The van der Waals surface area contributed by atoms with Crippen molar-refractivity contribution < 1.29 is 24.5 Å². The average molecular weight is 935 g/mol. The molecule has 0 fully saturated rings. The lowest BCUT2D eigenvalue weighted by molar-refractivity contribution is -0.151. The Morgan fingerprint density at radius 3 is 1.34 bits per heavy atom. The minimum Gasteiger partial charge on any atom is -0.462 e. The standard InChI is InChI=1S/C61H107NO5/c1-4-7-10-13-16-19-22-25-28-29-30-31-33-36-39-42-45-48-51-54-61(66)67-57(52-49-46-43-40-37-34-27-24-21-18-15-12-9-6-3)55-60(65)62-58(56-63)59(64)53-50-47-44-41-38-35-32-26-23-20-17-14-11-8-5-2/h7,10,16,19,25,28,30-31,34,36-37,39-40,43,57-59,63-64H,4-6,8-9,11-15,17-18,20-24,26-27,29,32-33,35,38,41-42,44-56H2,1-3H3,(H,62,65)/b10-7-,19-16-,28-25-,31-30-,37-34+,39-36-,43-40+. The Kier molecular flexibility index (Phi) is 51.6. The SMILES string of the molecule is CC/C=C\C/C=C\C/C=C\C/C=C\C/C=C\CCCCCC(=O)OC(CCC/C=C/C=C/CCCCCCCCC)CC(=O)NC(CO)C(O)CCCCCCCCCCCCCCCCC. The predicted molar refractivity (Wildman–Crippen MR) is 291 cm³/mol. The van der Waals surface area contributed by atoms with Crippen molar-refractivity contribution in [3.05, 3.63) is 85.1 Å². The fourth-order valence-corrected chi connectivity index (χ4v) is 8.22. The first-order chi connectivity index (χ1) is 33.0. The molecule has 0 aliphatic carbocycles. The van der Waals surface area contributed by atoms with Crippen molar-refractivity contribution >= 4 is 11.9 Å². The van der Waals surface area contributed by atoms with Crippen LogP contribution in [-0.2, 0) is 14.3 Å². The second kappa shape index (κ2) is 54.0. The van der Waals surface area contributed by atoms with Gasteiger partial charge in [0, 0.05) is 6.42 Å². The van der Waals surface area contributed by atoms with Crippen molar-refractivity contribution in [3.63, 3.8) is 0 Å². The Labute approximate surface area is 414 Å². The summed E-state index contributed by atoms with van der Waals surface area (Å²) in [6.07, 6.45) is 70.8. The van der Waals surface area contributed by atoms with Crippen LogP contribution in [0.15, 0.2) is 85.1 Å². The molecule has 6 nitrogen and oxygen atoms in total. The maximum Gasteiger partial charge on any atom is 0.306 e. The number of unbranched alkanes of at least 4 members (excludes halogenated alkanes) is 25. The first-order valence-corrected chi connectivity index (χ1v) is 28.3. The van der Waals surface area contributed by atoms with Crippen molar-refractivity contribution in [1.29, 1.82) is 0 Å². The molecular weight excluding hydrogens is 827 g/mol. The predicted octanol–water partition coefficient (Wildman–Crippen LogP) is 17.5. The van der Waals surface area contributed by atoms with Crippen molar-refractivity contribution in [2.75, 3.05) is 6.61 Å². The molecule has 0 saturated heterocycles. The van der Waals surface area contributed by atoms with Crippen LogP contribution in [-0.4, -0.2) is 46.9 Å². The fraction of sp³-hybridized carbons (Fsp3) is 0.738. The van der Waals surface area contributed by atoms with Crippen molar-refractivity contribution in [2.45, 2.75) is 283 Å². The molecule has 0 heterocycles. The zero-order chi connectivity index (χ0) is 48.8. The molecule has 6 heteroatoms. The smallest absolute Gasteiger partial charge is 0.306 e. The van der Waals surface area contributed by atoms with Crippen LogP contribution in [0.5, 0.6) is 0 Å². The summed E-state index contributed by atoms with van der Waals surface area (Å²) in [5.74, 6) is -0.559. The highest BCUT2D eigenvalue weighted by molar-refractivity contribution is 5.77. The summed E-state index contributed by atoms with van der Waals surface area (Å²) in [5, 5.41) is 23.8. The van der Waals surface area contributed by atoms with Crippen molar-refractivity contribution in [1.82, 2.24) is 5.32 Å². The topological polar surface area (TPSA) is 95.9 Å². The third kappa shape index (κ3) is 49.3. The largest absolute Gasteiger partial charge is 0.462 e. The van der Waals surface area contributed by atoms with Crippen molar-refractivity contribution in [3.8, 4) is 0 Å². The van der Waals surface area contributed by atoms with Gasteiger partial charge in [0.05, 0.1) is 25.2 Å². The van der Waals surface area contributed by atoms with E-state index in [-0.39, 0.29) is 24.9 Å². The van der Waals surface area contributed by atoms with Gasteiger partial charge in [0.2, 0.25) is 5.91 Å². The Bertz CT molecular complexity index is 1280. The van der Waals surface area contributed by atoms with E-state index >= 15 is 0 Å². The second-order valence-electron chi connectivity index (χ2n) is 19.0. The fourth-order valence-electron chi connectivity index (χ4n) is 8.22. The number of carbonyl (C=O) groups is 2. The van der Waals surface area contributed by atoms with Gasteiger partial charge in [-0.05, 0) is 89.9 Å². The highest BCUT2D eigenvalue weighted by Gasteiger charge is 2.24. The lowest BCUT2D eigenvalue weighted by Crippen LogP contribution is -2.46. The van der Waals surface area contributed by atoms with Crippen LogP contribution < -0.4 is 5.32 Å². The summed E-state index contributed by atoms with van der Waals surface area (Å²) < 4.78 is 5.91. The number of allylic oxidation sites excluding steroid dienone is 14. The normalized spacial score (nSPS) is 13.8. The molecule has 0 aliphatic rings. The summed E-state index contributed by atoms with van der Waals surface area (Å²) >= 11 is 0. The average Bonchev–Trinajstić information content (AvgIpc) is 3.32. The third-order valence-corrected chi connectivity index (χ3v) is 12.5. The van der Waals surface area contributed by atoms with E-state index in [2.05, 4.69) is 111 Å². The van der Waals surface area contributed by atoms with Gasteiger partial charge in [0.1, 0.15) is 6.10 Å². The van der Waals surface area contributed by atoms with Gasteiger partial charge >= 0.3 is 5.97 Å². The molecule has 3 atom stereocenters. The maximum atomic E-state index is 13.2. The number of esters is 1. The Balaban J connectivity index is 4.67. The van der Waals surface area contributed by atoms with E-state index in [9.17, 15) is 19.8 Å². The molecule has 0 aliphatic heterocycles. The third-order valence-electron chi connectivity index (χ3n) is 12.5. The summed E-state index contributed by atoms with van der Waals surface area (Å²) in [5.41, 5.74) is 0. The van der Waals surface area contributed by atoms with E-state index < -0.39 is 18.2 Å². The molecule has 0 aromatic heterocycles. The highest BCUT2D eigenvalue weighted by Crippen LogP contribution is 2.17. The number of hydrogen-bond donors (Lipinski definition) is 3. The Morgan fingerprint density at radius 2 is 0.866 bits per heavy atom. The lowest BCUT2D eigenvalue weighted by atomic mass is 10.0. The summed E-state index contributed by atoms with van der Waals surface area (Å²) in [7, 11) is 0. The van der Waals surface area contributed by atoms with Gasteiger partial charge in [-0.15, -0.1) is 0 Å². The van der Waals surface area contributed by atoms with Crippen LogP contribution in [0.3, 0.4) is 0 Å². The van der Waals surface area contributed by atoms with Gasteiger partial charge in [-0.25, -0.2) is 0 Å².